The first-order chi connectivity index (χ1) is 8.69. The van der Waals surface area contributed by atoms with Crippen LogP contribution in [0.2, 0.25) is 5.02 Å². The van der Waals surface area contributed by atoms with E-state index in [9.17, 15) is 4.21 Å². The maximum absolute atomic E-state index is 12.1. The van der Waals surface area contributed by atoms with Crippen molar-refractivity contribution in [2.75, 3.05) is 0 Å². The van der Waals surface area contributed by atoms with Gasteiger partial charge in [0.25, 0.3) is 0 Å². The topological polar surface area (TPSA) is 53.8 Å². The molecule has 1 heterocycles. The third-order valence-corrected chi connectivity index (χ3v) is 3.96. The fourth-order valence-corrected chi connectivity index (χ4v) is 2.66. The second kappa shape index (κ2) is 5.76. The largest absolute Gasteiger partial charge is 0.254 e. The van der Waals surface area contributed by atoms with Crippen molar-refractivity contribution in [3.8, 4) is 6.07 Å². The molecule has 90 valence electrons. The summed E-state index contributed by atoms with van der Waals surface area (Å²) in [5.41, 5.74) is 1.16. The molecule has 0 amide bonds. The van der Waals surface area contributed by atoms with E-state index in [1.54, 1.807) is 42.6 Å². The molecule has 0 N–H and O–H groups in total. The van der Waals surface area contributed by atoms with E-state index >= 15 is 0 Å². The number of rotatable bonds is 3. The Balaban J connectivity index is 2.16. The number of hydrogen-bond acceptors (Lipinski definition) is 3. The highest BCUT2D eigenvalue weighted by atomic mass is 35.5. The van der Waals surface area contributed by atoms with Gasteiger partial charge in [0.15, 0.2) is 0 Å². The average molecular weight is 277 g/mol. The molecule has 1 unspecified atom stereocenters. The van der Waals surface area contributed by atoms with Gasteiger partial charge in [-0.25, -0.2) is 4.98 Å². The van der Waals surface area contributed by atoms with Crippen LogP contribution in [-0.2, 0) is 16.6 Å². The summed E-state index contributed by atoms with van der Waals surface area (Å²) in [6, 6.07) is 12.3. The van der Waals surface area contributed by atoms with Crippen LogP contribution in [0.5, 0.6) is 0 Å². The van der Waals surface area contributed by atoms with Crippen LogP contribution in [0.15, 0.2) is 47.5 Å². The van der Waals surface area contributed by atoms with Gasteiger partial charge in [0.05, 0.1) is 16.6 Å². The van der Waals surface area contributed by atoms with Gasteiger partial charge in [0, 0.05) is 16.1 Å². The number of nitrogens with zero attached hydrogens (tertiary/aromatic N) is 2. The molecular formula is C13H9ClN2OS. The number of aromatic nitrogens is 1. The maximum Gasteiger partial charge on any atom is 0.140 e. The molecule has 1 aromatic carbocycles. The zero-order valence-electron chi connectivity index (χ0n) is 9.34. The summed E-state index contributed by atoms with van der Waals surface area (Å²) in [6.45, 7) is 0. The van der Waals surface area contributed by atoms with Crippen LogP contribution in [0.1, 0.15) is 11.3 Å². The minimum Gasteiger partial charge on any atom is -0.254 e. The molecule has 3 nitrogen and oxygen atoms in total. The number of pyridine rings is 1. The Kier molecular flexibility index (Phi) is 4.08. The predicted octanol–water partition coefficient (Wildman–Crippen LogP) is 2.91. The Labute approximate surface area is 113 Å². The normalized spacial score (nSPS) is 11.8. The molecular weight excluding hydrogens is 268 g/mol. The third kappa shape index (κ3) is 3.16. The third-order valence-electron chi connectivity index (χ3n) is 2.31. The van der Waals surface area contributed by atoms with Crippen LogP contribution in [-0.4, -0.2) is 9.19 Å². The van der Waals surface area contributed by atoms with Gasteiger partial charge in [-0.3, -0.25) is 4.21 Å². The predicted molar refractivity (Wildman–Crippen MR) is 70.5 cm³/mol. The summed E-state index contributed by atoms with van der Waals surface area (Å²) < 4.78 is 12.1. The first kappa shape index (κ1) is 12.7. The molecule has 0 aliphatic carbocycles. The first-order valence-electron chi connectivity index (χ1n) is 5.18. The molecule has 5 heteroatoms. The standard InChI is InChI=1S/C13H9ClN2OS/c14-11-1-3-13(4-2-11)18(17)9-10-5-6-16-12(7-10)8-15/h1-7H,9H2. The van der Waals surface area contributed by atoms with Crippen LogP contribution in [0, 0.1) is 11.3 Å². The summed E-state index contributed by atoms with van der Waals surface area (Å²) in [7, 11) is -1.15. The zero-order valence-corrected chi connectivity index (χ0v) is 10.9. The quantitative estimate of drug-likeness (QED) is 0.866. The molecule has 0 fully saturated rings. The van der Waals surface area contributed by atoms with Gasteiger partial charge in [-0.1, -0.05) is 11.6 Å². The van der Waals surface area contributed by atoms with E-state index in [2.05, 4.69) is 4.98 Å². The molecule has 0 spiro atoms. The first-order valence-corrected chi connectivity index (χ1v) is 6.88. The zero-order chi connectivity index (χ0) is 13.0. The van der Waals surface area contributed by atoms with E-state index < -0.39 is 10.8 Å². The second-order valence-corrected chi connectivity index (χ2v) is 5.49. The Morgan fingerprint density at radius 3 is 2.67 bits per heavy atom. The van der Waals surface area contributed by atoms with Gasteiger partial charge in [0.1, 0.15) is 11.8 Å². The van der Waals surface area contributed by atoms with Crippen LogP contribution in [0.25, 0.3) is 0 Å². The Hall–Kier alpha value is -1.70. The van der Waals surface area contributed by atoms with Crippen molar-refractivity contribution in [2.45, 2.75) is 10.6 Å². The fourth-order valence-electron chi connectivity index (χ4n) is 1.45. The fraction of sp³-hybridized carbons (Fsp3) is 0.0769. The Bertz CT molecular complexity index is 620. The molecule has 0 bridgehead atoms. The van der Waals surface area contributed by atoms with Gasteiger partial charge in [-0.05, 0) is 42.0 Å². The monoisotopic (exact) mass is 276 g/mol. The molecule has 1 aromatic heterocycles. The van der Waals surface area contributed by atoms with Crippen LogP contribution < -0.4 is 0 Å². The lowest BCUT2D eigenvalue weighted by Crippen LogP contribution is -1.97. The molecule has 0 aliphatic heterocycles. The second-order valence-electron chi connectivity index (χ2n) is 3.60. The molecule has 1 atom stereocenters. The summed E-state index contributed by atoms with van der Waals surface area (Å²) >= 11 is 5.77. The lowest BCUT2D eigenvalue weighted by atomic mass is 10.2. The van der Waals surface area contributed by atoms with E-state index in [0.717, 1.165) is 10.5 Å². The van der Waals surface area contributed by atoms with Gasteiger partial charge in [-0.15, -0.1) is 0 Å². The van der Waals surface area contributed by atoms with E-state index in [0.29, 0.717) is 16.5 Å². The molecule has 0 saturated carbocycles. The van der Waals surface area contributed by atoms with Gasteiger partial charge in [-0.2, -0.15) is 5.26 Å². The average Bonchev–Trinajstić information content (AvgIpc) is 2.39. The van der Waals surface area contributed by atoms with Crippen molar-refractivity contribution in [2.24, 2.45) is 0 Å². The highest BCUT2D eigenvalue weighted by Crippen LogP contribution is 2.15. The number of nitriles is 1. The van der Waals surface area contributed by atoms with Crippen molar-refractivity contribution >= 4 is 22.4 Å². The summed E-state index contributed by atoms with van der Waals surface area (Å²) in [5.74, 6) is 0.360. The highest BCUT2D eigenvalue weighted by Gasteiger charge is 2.06. The molecule has 18 heavy (non-hydrogen) atoms. The molecule has 0 radical (unpaired) electrons. The highest BCUT2D eigenvalue weighted by molar-refractivity contribution is 7.84. The van der Waals surface area contributed by atoms with Crippen molar-refractivity contribution in [1.29, 1.82) is 5.26 Å². The number of benzene rings is 1. The maximum atomic E-state index is 12.1. The van der Waals surface area contributed by atoms with Crippen LogP contribution >= 0.6 is 11.6 Å². The van der Waals surface area contributed by atoms with Crippen LogP contribution in [0.4, 0.5) is 0 Å². The minimum absolute atomic E-state index is 0.334. The lowest BCUT2D eigenvalue weighted by molar-refractivity contribution is 0.682. The summed E-state index contributed by atoms with van der Waals surface area (Å²) in [5, 5.41) is 9.36. The van der Waals surface area contributed by atoms with E-state index in [4.69, 9.17) is 16.9 Å². The lowest BCUT2D eigenvalue weighted by Gasteiger charge is -2.03. The van der Waals surface area contributed by atoms with Crippen LogP contribution in [0.3, 0.4) is 0 Å². The molecule has 0 saturated heterocycles. The molecule has 2 rings (SSSR count). The van der Waals surface area contributed by atoms with Gasteiger partial charge < -0.3 is 0 Å². The summed E-state index contributed by atoms with van der Waals surface area (Å²) in [4.78, 5) is 4.59. The summed E-state index contributed by atoms with van der Waals surface area (Å²) in [6.07, 6.45) is 1.55. The van der Waals surface area contributed by atoms with Crippen molar-refractivity contribution in [1.82, 2.24) is 4.98 Å². The number of halogens is 1. The van der Waals surface area contributed by atoms with Gasteiger partial charge >= 0.3 is 0 Å². The van der Waals surface area contributed by atoms with Crippen molar-refractivity contribution < 1.29 is 4.21 Å². The Morgan fingerprint density at radius 1 is 1.28 bits per heavy atom. The van der Waals surface area contributed by atoms with E-state index in [-0.39, 0.29) is 0 Å². The SMILES string of the molecule is N#Cc1cc(CS(=O)c2ccc(Cl)cc2)ccn1. The van der Waals surface area contributed by atoms with E-state index in [1.165, 1.54) is 0 Å². The van der Waals surface area contributed by atoms with Crippen molar-refractivity contribution in [3.05, 3.63) is 58.9 Å². The molecule has 0 aliphatic rings. The van der Waals surface area contributed by atoms with Crippen molar-refractivity contribution in [3.63, 3.8) is 0 Å². The van der Waals surface area contributed by atoms with Gasteiger partial charge in [0.2, 0.25) is 0 Å². The van der Waals surface area contributed by atoms with E-state index in [1.807, 2.05) is 6.07 Å². The Morgan fingerprint density at radius 2 is 2.00 bits per heavy atom. The smallest absolute Gasteiger partial charge is 0.140 e. The minimum atomic E-state index is -1.15. The molecule has 2 aromatic rings. The number of hydrogen-bond donors (Lipinski definition) is 0.